The highest BCUT2D eigenvalue weighted by Crippen LogP contribution is 2.29. The molecule has 27 heavy (non-hydrogen) atoms. The predicted molar refractivity (Wildman–Crippen MR) is 108 cm³/mol. The topological polar surface area (TPSA) is 73.8 Å². The van der Waals surface area contributed by atoms with Crippen molar-refractivity contribution in [3.05, 3.63) is 24.3 Å². The Morgan fingerprint density at radius 3 is 2.67 bits per heavy atom. The molecule has 2 fully saturated rings. The highest BCUT2D eigenvalue weighted by Gasteiger charge is 2.32. The molecule has 1 amide bonds. The minimum absolute atomic E-state index is 0.0389. The number of fused-ring (bicyclic) bond motifs is 1. The van der Waals surface area contributed by atoms with Crippen molar-refractivity contribution in [2.45, 2.75) is 12.5 Å². The summed E-state index contributed by atoms with van der Waals surface area (Å²) in [6.45, 7) is 3.17. The van der Waals surface area contributed by atoms with Crippen molar-refractivity contribution in [3.63, 3.8) is 0 Å². The van der Waals surface area contributed by atoms with E-state index in [4.69, 9.17) is 4.98 Å². The second-order valence-corrected chi connectivity index (χ2v) is 10.5. The van der Waals surface area contributed by atoms with Crippen LogP contribution in [-0.4, -0.2) is 86.4 Å². The van der Waals surface area contributed by atoms with Crippen LogP contribution in [0.1, 0.15) is 6.42 Å². The standard InChI is InChI=1S/C18H24N4O3S2/c1-20(14-6-11-27(24,25)13-14)12-17(23)21-7-9-22(10-8-21)18-19-15-4-2-3-5-16(15)26-18/h2-5,14H,6-13H2,1H3/t14-/m0/s1. The molecule has 0 aliphatic carbocycles. The smallest absolute Gasteiger partial charge is 0.236 e. The van der Waals surface area contributed by atoms with Gasteiger partial charge >= 0.3 is 0 Å². The molecule has 7 nitrogen and oxygen atoms in total. The second-order valence-electron chi connectivity index (χ2n) is 7.30. The number of benzene rings is 1. The Labute approximate surface area is 163 Å². The molecule has 0 spiro atoms. The molecule has 2 aromatic rings. The van der Waals surface area contributed by atoms with Gasteiger partial charge in [-0.2, -0.15) is 0 Å². The molecule has 0 N–H and O–H groups in total. The zero-order chi connectivity index (χ0) is 19.0. The third-order valence-electron chi connectivity index (χ3n) is 5.40. The van der Waals surface area contributed by atoms with Crippen molar-refractivity contribution in [1.82, 2.24) is 14.8 Å². The summed E-state index contributed by atoms with van der Waals surface area (Å²) in [6, 6.07) is 8.08. The van der Waals surface area contributed by atoms with E-state index in [-0.39, 0.29) is 30.0 Å². The van der Waals surface area contributed by atoms with Gasteiger partial charge in [0.15, 0.2) is 15.0 Å². The summed E-state index contributed by atoms with van der Waals surface area (Å²) in [7, 11) is -1.08. The molecule has 146 valence electrons. The summed E-state index contributed by atoms with van der Waals surface area (Å²) in [5.41, 5.74) is 1.02. The lowest BCUT2D eigenvalue weighted by molar-refractivity contribution is -0.132. The third-order valence-corrected chi connectivity index (χ3v) is 8.25. The van der Waals surface area contributed by atoms with Crippen LogP contribution in [0.15, 0.2) is 24.3 Å². The number of likely N-dealkylation sites (N-methyl/N-ethyl adjacent to an activating group) is 1. The zero-order valence-corrected chi connectivity index (χ0v) is 17.0. The number of carbonyl (C=O) groups is 1. The lowest BCUT2D eigenvalue weighted by Gasteiger charge is -2.35. The Morgan fingerprint density at radius 1 is 1.26 bits per heavy atom. The first-order valence-corrected chi connectivity index (χ1v) is 11.8. The molecule has 1 aromatic carbocycles. The van der Waals surface area contributed by atoms with Gasteiger partial charge in [0.1, 0.15) is 0 Å². The van der Waals surface area contributed by atoms with Crippen LogP contribution in [0.25, 0.3) is 10.2 Å². The molecular formula is C18H24N4O3S2. The van der Waals surface area contributed by atoms with E-state index in [0.29, 0.717) is 19.5 Å². The molecular weight excluding hydrogens is 384 g/mol. The molecule has 9 heteroatoms. The number of carbonyl (C=O) groups excluding carboxylic acids is 1. The fourth-order valence-corrected chi connectivity index (χ4v) is 6.53. The predicted octanol–water partition coefficient (Wildman–Crippen LogP) is 1.06. The van der Waals surface area contributed by atoms with E-state index < -0.39 is 9.84 Å². The molecule has 2 aliphatic heterocycles. The highest BCUT2D eigenvalue weighted by atomic mass is 32.2. The lowest BCUT2D eigenvalue weighted by atomic mass is 10.2. The van der Waals surface area contributed by atoms with Crippen LogP contribution in [0.2, 0.25) is 0 Å². The molecule has 2 aliphatic rings. The number of para-hydroxylation sites is 1. The Kier molecular flexibility index (Phi) is 5.09. The number of hydrogen-bond acceptors (Lipinski definition) is 7. The van der Waals surface area contributed by atoms with Gasteiger partial charge in [-0.15, -0.1) is 0 Å². The van der Waals surface area contributed by atoms with Crippen LogP contribution < -0.4 is 4.90 Å². The van der Waals surface area contributed by atoms with E-state index in [1.165, 1.54) is 4.70 Å². The maximum absolute atomic E-state index is 12.6. The van der Waals surface area contributed by atoms with E-state index >= 15 is 0 Å². The summed E-state index contributed by atoms with van der Waals surface area (Å²) < 4.78 is 24.5. The van der Waals surface area contributed by atoms with Crippen LogP contribution in [-0.2, 0) is 14.6 Å². The summed E-state index contributed by atoms with van der Waals surface area (Å²) in [5.74, 6) is 0.477. The van der Waals surface area contributed by atoms with Gasteiger partial charge in [-0.3, -0.25) is 9.69 Å². The SMILES string of the molecule is CN(CC(=O)N1CCN(c2nc3ccccc3s2)CC1)[C@H]1CCS(=O)(=O)C1. The van der Waals surface area contributed by atoms with Crippen LogP contribution >= 0.6 is 11.3 Å². The number of aromatic nitrogens is 1. The van der Waals surface area contributed by atoms with Gasteiger partial charge in [0.2, 0.25) is 5.91 Å². The fourth-order valence-electron chi connectivity index (χ4n) is 3.71. The van der Waals surface area contributed by atoms with Crippen molar-refractivity contribution < 1.29 is 13.2 Å². The number of anilines is 1. The van der Waals surface area contributed by atoms with Crippen LogP contribution in [0, 0.1) is 0 Å². The number of amides is 1. The monoisotopic (exact) mass is 408 g/mol. The van der Waals surface area contributed by atoms with Gasteiger partial charge in [-0.1, -0.05) is 23.5 Å². The molecule has 0 saturated carbocycles. The van der Waals surface area contributed by atoms with Crippen molar-refractivity contribution in [1.29, 1.82) is 0 Å². The number of hydrogen-bond donors (Lipinski definition) is 0. The molecule has 3 heterocycles. The van der Waals surface area contributed by atoms with E-state index in [1.807, 2.05) is 35.0 Å². The molecule has 0 unspecified atom stereocenters. The summed E-state index contributed by atoms with van der Waals surface area (Å²) in [4.78, 5) is 23.3. The van der Waals surface area contributed by atoms with Crippen LogP contribution in [0.3, 0.4) is 0 Å². The summed E-state index contributed by atoms with van der Waals surface area (Å²) in [6.07, 6.45) is 0.623. The minimum Gasteiger partial charge on any atom is -0.345 e. The van der Waals surface area contributed by atoms with Crippen molar-refractivity contribution in [2.24, 2.45) is 0 Å². The Hall–Kier alpha value is -1.71. The zero-order valence-electron chi connectivity index (χ0n) is 15.4. The quantitative estimate of drug-likeness (QED) is 0.753. The van der Waals surface area contributed by atoms with E-state index in [9.17, 15) is 13.2 Å². The van der Waals surface area contributed by atoms with E-state index in [1.54, 1.807) is 11.3 Å². The van der Waals surface area contributed by atoms with Crippen LogP contribution in [0.4, 0.5) is 5.13 Å². The first-order chi connectivity index (χ1) is 12.9. The van der Waals surface area contributed by atoms with Crippen molar-refractivity contribution >= 4 is 42.4 Å². The first-order valence-electron chi connectivity index (χ1n) is 9.20. The van der Waals surface area contributed by atoms with Gasteiger partial charge in [0, 0.05) is 32.2 Å². The molecule has 0 bridgehead atoms. The highest BCUT2D eigenvalue weighted by molar-refractivity contribution is 7.91. The average molecular weight is 409 g/mol. The number of sulfone groups is 1. The van der Waals surface area contributed by atoms with Crippen molar-refractivity contribution in [3.8, 4) is 0 Å². The molecule has 4 rings (SSSR count). The second kappa shape index (κ2) is 7.37. The molecule has 1 aromatic heterocycles. The molecule has 0 radical (unpaired) electrons. The Bertz CT molecular complexity index is 902. The average Bonchev–Trinajstić information content (AvgIpc) is 3.24. The first kappa shape index (κ1) is 18.6. The van der Waals surface area contributed by atoms with E-state index in [2.05, 4.69) is 11.0 Å². The van der Waals surface area contributed by atoms with Crippen molar-refractivity contribution in [2.75, 3.05) is 56.2 Å². The largest absolute Gasteiger partial charge is 0.345 e. The van der Waals surface area contributed by atoms with Gasteiger partial charge in [0.25, 0.3) is 0 Å². The summed E-state index contributed by atoms with van der Waals surface area (Å²) >= 11 is 1.69. The summed E-state index contributed by atoms with van der Waals surface area (Å²) in [5, 5.41) is 1.01. The van der Waals surface area contributed by atoms with E-state index in [0.717, 1.165) is 23.7 Å². The Balaban J connectivity index is 1.31. The number of thiazole rings is 1. The number of nitrogens with zero attached hydrogens (tertiary/aromatic N) is 4. The van der Waals surface area contributed by atoms with Gasteiger partial charge in [-0.05, 0) is 25.6 Å². The third kappa shape index (κ3) is 4.09. The maximum Gasteiger partial charge on any atom is 0.236 e. The lowest BCUT2D eigenvalue weighted by Crippen LogP contribution is -2.52. The molecule has 2 saturated heterocycles. The fraction of sp³-hybridized carbons (Fsp3) is 0.556. The van der Waals surface area contributed by atoms with Gasteiger partial charge < -0.3 is 9.80 Å². The number of piperazine rings is 1. The van der Waals surface area contributed by atoms with Gasteiger partial charge in [0.05, 0.1) is 28.3 Å². The maximum atomic E-state index is 12.6. The van der Waals surface area contributed by atoms with Gasteiger partial charge in [-0.25, -0.2) is 13.4 Å². The van der Waals surface area contributed by atoms with Crippen LogP contribution in [0.5, 0.6) is 0 Å². The molecule has 1 atom stereocenters. The normalized spacial score (nSPS) is 22.7. The minimum atomic E-state index is -2.93. The Morgan fingerprint density at radius 2 is 2.00 bits per heavy atom. The number of rotatable bonds is 4.